The highest BCUT2D eigenvalue weighted by atomic mass is 32.2. The largest absolute Gasteiger partial charge is 0.389 e. The van der Waals surface area contributed by atoms with Gasteiger partial charge in [0.15, 0.2) is 10.3 Å². The summed E-state index contributed by atoms with van der Waals surface area (Å²) >= 11 is 2.62. The minimum atomic E-state index is -1.14. The number of aliphatic hydroxyl groups excluding tert-OH is 2. The van der Waals surface area contributed by atoms with Gasteiger partial charge in [-0.05, 0) is 12.1 Å². The third-order valence-corrected chi connectivity index (χ3v) is 5.16. The summed E-state index contributed by atoms with van der Waals surface area (Å²) in [5.74, 6) is 0.730. The summed E-state index contributed by atoms with van der Waals surface area (Å²) in [6, 6.07) is 2.13. The van der Waals surface area contributed by atoms with Crippen molar-refractivity contribution in [3.8, 4) is 0 Å². The Kier molecular flexibility index (Phi) is 7.82. The molecule has 2 aromatic rings. The second-order valence-corrected chi connectivity index (χ2v) is 6.97. The van der Waals surface area contributed by atoms with E-state index in [2.05, 4.69) is 19.9 Å². The van der Waals surface area contributed by atoms with Gasteiger partial charge >= 0.3 is 0 Å². The molecule has 10 heteroatoms. The SMILES string of the molecule is N[C@@H](CSc1ncccn1)[C@@H](O)[C@H](O)[C@@H](N)CSc1ncccn1. The highest BCUT2D eigenvalue weighted by Gasteiger charge is 2.28. The van der Waals surface area contributed by atoms with Crippen LogP contribution in [0.5, 0.6) is 0 Å². The summed E-state index contributed by atoms with van der Waals surface area (Å²) in [7, 11) is 0. The molecular formula is C14H20N6O2S2. The van der Waals surface area contributed by atoms with Crippen LogP contribution in [0.25, 0.3) is 0 Å². The number of hydrogen-bond donors (Lipinski definition) is 4. The Balaban J connectivity index is 1.78. The minimum absolute atomic E-state index is 0.365. The van der Waals surface area contributed by atoms with Crippen molar-refractivity contribution < 1.29 is 10.2 Å². The molecule has 2 heterocycles. The lowest BCUT2D eigenvalue weighted by molar-refractivity contribution is -0.00191. The van der Waals surface area contributed by atoms with Crippen molar-refractivity contribution in [3.05, 3.63) is 36.9 Å². The lowest BCUT2D eigenvalue weighted by Gasteiger charge is -2.27. The van der Waals surface area contributed by atoms with Crippen LogP contribution in [0.4, 0.5) is 0 Å². The van der Waals surface area contributed by atoms with Crippen LogP contribution in [-0.4, -0.2) is 65.9 Å². The molecule has 130 valence electrons. The minimum Gasteiger partial charge on any atom is -0.389 e. The van der Waals surface area contributed by atoms with Crippen LogP contribution in [0, 0.1) is 0 Å². The first kappa shape index (κ1) is 19.0. The predicted octanol–water partition coefficient (Wildman–Crippen LogP) is -0.473. The van der Waals surface area contributed by atoms with Crippen LogP contribution in [0.2, 0.25) is 0 Å². The van der Waals surface area contributed by atoms with Gasteiger partial charge in [-0.1, -0.05) is 23.5 Å². The van der Waals surface area contributed by atoms with Gasteiger partial charge in [-0.25, -0.2) is 19.9 Å². The molecule has 0 radical (unpaired) electrons. The highest BCUT2D eigenvalue weighted by molar-refractivity contribution is 7.99. The standard InChI is InChI=1S/C14H20N6O2S2/c15-9(7-23-13-17-3-1-4-18-13)11(21)12(22)10(16)8-24-14-19-5-2-6-20-14/h1-6,9-12,21-22H,7-8,15-16H2/t9-,10-,11+,12+/m0/s1. The molecule has 8 nitrogen and oxygen atoms in total. The molecule has 0 aliphatic heterocycles. The topological polar surface area (TPSA) is 144 Å². The van der Waals surface area contributed by atoms with E-state index < -0.39 is 24.3 Å². The number of rotatable bonds is 9. The molecule has 0 unspecified atom stereocenters. The van der Waals surface area contributed by atoms with E-state index in [1.54, 1.807) is 36.9 Å². The number of nitrogens with zero attached hydrogens (tertiary/aromatic N) is 4. The average Bonchev–Trinajstić information content (AvgIpc) is 2.64. The van der Waals surface area contributed by atoms with Gasteiger partial charge in [0, 0.05) is 48.4 Å². The summed E-state index contributed by atoms with van der Waals surface area (Å²) in [6.07, 6.45) is 4.23. The van der Waals surface area contributed by atoms with Crippen LogP contribution < -0.4 is 11.5 Å². The van der Waals surface area contributed by atoms with E-state index in [0.717, 1.165) is 0 Å². The van der Waals surface area contributed by atoms with Crippen molar-refractivity contribution in [1.29, 1.82) is 0 Å². The van der Waals surface area contributed by atoms with E-state index in [0.29, 0.717) is 21.8 Å². The monoisotopic (exact) mass is 368 g/mol. The molecule has 0 saturated heterocycles. The zero-order chi connectivity index (χ0) is 17.4. The number of aliphatic hydroxyl groups is 2. The van der Waals surface area contributed by atoms with Gasteiger partial charge in [0.05, 0.1) is 12.2 Å². The fourth-order valence-corrected chi connectivity index (χ4v) is 3.38. The van der Waals surface area contributed by atoms with Crippen LogP contribution in [0.15, 0.2) is 47.2 Å². The normalized spacial score (nSPS) is 16.3. The van der Waals surface area contributed by atoms with Gasteiger partial charge in [-0.2, -0.15) is 0 Å². The first-order chi connectivity index (χ1) is 11.6. The van der Waals surface area contributed by atoms with Gasteiger partial charge in [0.25, 0.3) is 0 Å². The van der Waals surface area contributed by atoms with Crippen molar-refractivity contribution in [2.24, 2.45) is 11.5 Å². The number of aromatic nitrogens is 4. The lowest BCUT2D eigenvalue weighted by Crippen LogP contribution is -2.52. The Bertz CT molecular complexity index is 541. The van der Waals surface area contributed by atoms with E-state index in [4.69, 9.17) is 11.5 Å². The Morgan fingerprint density at radius 3 is 1.42 bits per heavy atom. The molecule has 0 bridgehead atoms. The van der Waals surface area contributed by atoms with Crippen molar-refractivity contribution in [3.63, 3.8) is 0 Å². The molecule has 0 aliphatic carbocycles. The Morgan fingerprint density at radius 1 is 0.750 bits per heavy atom. The summed E-state index contributed by atoms with van der Waals surface area (Å²) in [5, 5.41) is 21.5. The van der Waals surface area contributed by atoms with E-state index in [-0.39, 0.29) is 0 Å². The van der Waals surface area contributed by atoms with E-state index in [1.807, 2.05) is 0 Å². The summed E-state index contributed by atoms with van der Waals surface area (Å²) in [4.78, 5) is 16.3. The predicted molar refractivity (Wildman–Crippen MR) is 93.5 cm³/mol. The third-order valence-electron chi connectivity index (χ3n) is 3.12. The maximum atomic E-state index is 10.2. The third kappa shape index (κ3) is 5.96. The van der Waals surface area contributed by atoms with E-state index in [9.17, 15) is 10.2 Å². The zero-order valence-corrected chi connectivity index (χ0v) is 14.5. The zero-order valence-electron chi connectivity index (χ0n) is 12.8. The molecular weight excluding hydrogens is 348 g/mol. The molecule has 24 heavy (non-hydrogen) atoms. The lowest BCUT2D eigenvalue weighted by atomic mass is 10.0. The van der Waals surface area contributed by atoms with E-state index >= 15 is 0 Å². The van der Waals surface area contributed by atoms with Crippen molar-refractivity contribution >= 4 is 23.5 Å². The van der Waals surface area contributed by atoms with Crippen molar-refractivity contribution in [1.82, 2.24) is 19.9 Å². The molecule has 0 spiro atoms. The van der Waals surface area contributed by atoms with Gasteiger partial charge in [-0.15, -0.1) is 0 Å². The molecule has 0 fully saturated rings. The first-order valence-corrected chi connectivity index (χ1v) is 9.22. The molecule has 2 aromatic heterocycles. The molecule has 4 atom stereocenters. The van der Waals surface area contributed by atoms with Crippen LogP contribution in [-0.2, 0) is 0 Å². The number of thioether (sulfide) groups is 2. The molecule has 0 aliphatic rings. The summed E-state index contributed by atoms with van der Waals surface area (Å²) in [5.41, 5.74) is 11.9. The van der Waals surface area contributed by atoms with Crippen molar-refractivity contribution in [2.45, 2.75) is 34.6 Å². The van der Waals surface area contributed by atoms with Crippen LogP contribution in [0.1, 0.15) is 0 Å². The number of hydrogen-bond acceptors (Lipinski definition) is 10. The van der Waals surface area contributed by atoms with Gasteiger partial charge in [-0.3, -0.25) is 0 Å². The summed E-state index contributed by atoms with van der Waals surface area (Å²) in [6.45, 7) is 0. The second-order valence-electron chi connectivity index (χ2n) is 4.99. The van der Waals surface area contributed by atoms with Crippen molar-refractivity contribution in [2.75, 3.05) is 11.5 Å². The number of nitrogens with two attached hydrogens (primary N) is 2. The molecule has 6 N–H and O–H groups in total. The maximum absolute atomic E-state index is 10.2. The molecule has 2 rings (SSSR count). The van der Waals surface area contributed by atoms with Gasteiger partial charge in [0.2, 0.25) is 0 Å². The van der Waals surface area contributed by atoms with Gasteiger partial charge in [0.1, 0.15) is 0 Å². The Morgan fingerprint density at radius 2 is 1.08 bits per heavy atom. The quantitative estimate of drug-likeness (QED) is 0.338. The van der Waals surface area contributed by atoms with Crippen LogP contribution in [0.3, 0.4) is 0 Å². The fourth-order valence-electron chi connectivity index (χ4n) is 1.77. The smallest absolute Gasteiger partial charge is 0.187 e. The summed E-state index contributed by atoms with van der Waals surface area (Å²) < 4.78 is 0. The Labute approximate surface area is 148 Å². The molecule has 0 saturated carbocycles. The maximum Gasteiger partial charge on any atom is 0.187 e. The first-order valence-electron chi connectivity index (χ1n) is 7.25. The molecule has 0 aromatic carbocycles. The average molecular weight is 368 g/mol. The second kappa shape index (κ2) is 9.87. The fraction of sp³-hybridized carbons (Fsp3) is 0.429. The highest BCUT2D eigenvalue weighted by Crippen LogP contribution is 2.17. The van der Waals surface area contributed by atoms with Gasteiger partial charge < -0.3 is 21.7 Å². The van der Waals surface area contributed by atoms with Crippen LogP contribution >= 0.6 is 23.5 Å². The Hall–Kier alpha value is -1.30. The van der Waals surface area contributed by atoms with E-state index in [1.165, 1.54) is 23.5 Å². The molecule has 0 amide bonds.